The van der Waals surface area contributed by atoms with Gasteiger partial charge in [-0.2, -0.15) is 0 Å². The van der Waals surface area contributed by atoms with E-state index in [1.54, 1.807) is 4.90 Å². The minimum Gasteiger partial charge on any atom is -0.464 e. The van der Waals surface area contributed by atoms with Crippen molar-refractivity contribution in [2.24, 2.45) is 11.7 Å². The number of amides is 1. The van der Waals surface area contributed by atoms with E-state index in [9.17, 15) is 4.79 Å². The van der Waals surface area contributed by atoms with Gasteiger partial charge in [0.1, 0.15) is 11.5 Å². The molecule has 2 atom stereocenters. The third kappa shape index (κ3) is 3.16. The van der Waals surface area contributed by atoms with Crippen molar-refractivity contribution in [3.8, 4) is 0 Å². The summed E-state index contributed by atoms with van der Waals surface area (Å²) in [7, 11) is 0. The summed E-state index contributed by atoms with van der Waals surface area (Å²) in [6.45, 7) is 7.24. The SMILES string of the molecule is Cc1ccc(CN(C(=O)C2COCC2N)C(C)C)o1. The summed E-state index contributed by atoms with van der Waals surface area (Å²) in [6, 6.07) is 3.71. The van der Waals surface area contributed by atoms with E-state index in [4.69, 9.17) is 14.9 Å². The highest BCUT2D eigenvalue weighted by atomic mass is 16.5. The molecule has 0 radical (unpaired) electrons. The zero-order valence-corrected chi connectivity index (χ0v) is 11.8. The first-order valence-electron chi connectivity index (χ1n) is 6.68. The van der Waals surface area contributed by atoms with Gasteiger partial charge in [-0.15, -0.1) is 0 Å². The molecule has 2 heterocycles. The van der Waals surface area contributed by atoms with Crippen molar-refractivity contribution < 1.29 is 13.9 Å². The second-order valence-corrected chi connectivity index (χ2v) is 5.38. The highest BCUT2D eigenvalue weighted by Gasteiger charge is 2.35. The fraction of sp³-hybridized carbons (Fsp3) is 0.643. The minimum absolute atomic E-state index is 0.0500. The number of aryl methyl sites for hydroxylation is 1. The number of hydrogen-bond acceptors (Lipinski definition) is 4. The topological polar surface area (TPSA) is 68.7 Å². The van der Waals surface area contributed by atoms with Gasteiger partial charge in [-0.05, 0) is 32.9 Å². The molecule has 0 saturated carbocycles. The Morgan fingerprint density at radius 3 is 2.68 bits per heavy atom. The summed E-state index contributed by atoms with van der Waals surface area (Å²) in [6.07, 6.45) is 0. The van der Waals surface area contributed by atoms with Gasteiger partial charge >= 0.3 is 0 Å². The first-order valence-corrected chi connectivity index (χ1v) is 6.68. The van der Waals surface area contributed by atoms with Crippen LogP contribution < -0.4 is 5.73 Å². The van der Waals surface area contributed by atoms with Gasteiger partial charge in [-0.25, -0.2) is 0 Å². The zero-order chi connectivity index (χ0) is 14.0. The average Bonchev–Trinajstić information content (AvgIpc) is 2.94. The zero-order valence-electron chi connectivity index (χ0n) is 11.8. The van der Waals surface area contributed by atoms with Crippen molar-refractivity contribution in [2.45, 2.75) is 39.4 Å². The molecule has 1 fully saturated rings. The second-order valence-electron chi connectivity index (χ2n) is 5.38. The molecule has 1 aliphatic rings. The van der Waals surface area contributed by atoms with E-state index >= 15 is 0 Å². The van der Waals surface area contributed by atoms with Crippen LogP contribution >= 0.6 is 0 Å². The smallest absolute Gasteiger partial charge is 0.230 e. The van der Waals surface area contributed by atoms with Gasteiger partial charge in [0.25, 0.3) is 0 Å². The second kappa shape index (κ2) is 5.75. The molecule has 5 nitrogen and oxygen atoms in total. The van der Waals surface area contributed by atoms with Crippen molar-refractivity contribution in [1.82, 2.24) is 4.90 Å². The maximum atomic E-state index is 12.5. The van der Waals surface area contributed by atoms with Crippen molar-refractivity contribution in [3.63, 3.8) is 0 Å². The minimum atomic E-state index is -0.238. The van der Waals surface area contributed by atoms with Crippen LogP contribution in [0.25, 0.3) is 0 Å². The van der Waals surface area contributed by atoms with Crippen molar-refractivity contribution >= 4 is 5.91 Å². The summed E-state index contributed by atoms with van der Waals surface area (Å²) in [4.78, 5) is 14.3. The number of rotatable bonds is 4. The summed E-state index contributed by atoms with van der Waals surface area (Å²) < 4.78 is 10.8. The molecule has 1 aromatic rings. The van der Waals surface area contributed by atoms with Crippen LogP contribution in [0.4, 0.5) is 0 Å². The third-order valence-corrected chi connectivity index (χ3v) is 3.47. The molecule has 2 N–H and O–H groups in total. The molecule has 0 aliphatic carbocycles. The van der Waals surface area contributed by atoms with Gasteiger partial charge in [0, 0.05) is 12.1 Å². The molecule has 1 aliphatic heterocycles. The molecule has 1 aromatic heterocycles. The maximum absolute atomic E-state index is 12.5. The molecule has 0 bridgehead atoms. The van der Waals surface area contributed by atoms with Crippen LogP contribution in [0.5, 0.6) is 0 Å². The number of nitrogens with zero attached hydrogens (tertiary/aromatic N) is 1. The highest BCUT2D eigenvalue weighted by Crippen LogP contribution is 2.19. The van der Waals surface area contributed by atoms with Crippen molar-refractivity contribution in [2.75, 3.05) is 13.2 Å². The monoisotopic (exact) mass is 266 g/mol. The largest absolute Gasteiger partial charge is 0.464 e. The lowest BCUT2D eigenvalue weighted by Gasteiger charge is -2.29. The van der Waals surface area contributed by atoms with E-state index in [1.807, 2.05) is 32.9 Å². The molecule has 2 unspecified atom stereocenters. The molecule has 5 heteroatoms. The fourth-order valence-electron chi connectivity index (χ4n) is 2.29. The van der Waals surface area contributed by atoms with E-state index in [2.05, 4.69) is 0 Å². The Hall–Kier alpha value is -1.33. The average molecular weight is 266 g/mol. The van der Waals surface area contributed by atoms with Crippen LogP contribution in [0.15, 0.2) is 16.5 Å². The lowest BCUT2D eigenvalue weighted by molar-refractivity contribution is -0.138. The number of hydrogen-bond donors (Lipinski definition) is 1. The number of ether oxygens (including phenoxy) is 1. The Bertz CT molecular complexity index is 442. The predicted molar refractivity (Wildman–Crippen MR) is 71.4 cm³/mol. The Balaban J connectivity index is 2.09. The van der Waals surface area contributed by atoms with Crippen LogP contribution in [0.2, 0.25) is 0 Å². The quantitative estimate of drug-likeness (QED) is 0.892. The van der Waals surface area contributed by atoms with E-state index in [1.165, 1.54) is 0 Å². The van der Waals surface area contributed by atoms with E-state index in [-0.39, 0.29) is 23.9 Å². The first kappa shape index (κ1) is 14.1. The number of carbonyl (C=O) groups excluding carboxylic acids is 1. The molecule has 0 spiro atoms. The first-order chi connectivity index (χ1) is 8.99. The maximum Gasteiger partial charge on any atom is 0.230 e. The highest BCUT2D eigenvalue weighted by molar-refractivity contribution is 5.80. The third-order valence-electron chi connectivity index (χ3n) is 3.47. The molecule has 2 rings (SSSR count). The Morgan fingerprint density at radius 2 is 2.21 bits per heavy atom. The summed E-state index contributed by atoms with van der Waals surface area (Å²) in [5.41, 5.74) is 5.92. The van der Waals surface area contributed by atoms with Gasteiger partial charge in [0.2, 0.25) is 5.91 Å². The lowest BCUT2D eigenvalue weighted by atomic mass is 10.0. The summed E-state index contributed by atoms with van der Waals surface area (Å²) >= 11 is 0. The van der Waals surface area contributed by atoms with Gasteiger partial charge < -0.3 is 19.8 Å². The van der Waals surface area contributed by atoms with Crippen LogP contribution in [0, 0.1) is 12.8 Å². The van der Waals surface area contributed by atoms with Gasteiger partial charge in [0.05, 0.1) is 25.7 Å². The van der Waals surface area contributed by atoms with E-state index in [0.29, 0.717) is 19.8 Å². The van der Waals surface area contributed by atoms with Gasteiger partial charge in [-0.1, -0.05) is 0 Å². The molecule has 1 saturated heterocycles. The molecule has 19 heavy (non-hydrogen) atoms. The molecule has 0 aromatic carbocycles. The Morgan fingerprint density at radius 1 is 1.47 bits per heavy atom. The fourth-order valence-corrected chi connectivity index (χ4v) is 2.29. The van der Waals surface area contributed by atoms with Gasteiger partial charge in [-0.3, -0.25) is 4.79 Å². The summed E-state index contributed by atoms with van der Waals surface area (Å²) in [5, 5.41) is 0. The number of carbonyl (C=O) groups is 1. The van der Waals surface area contributed by atoms with Crippen LogP contribution in [-0.2, 0) is 16.1 Å². The summed E-state index contributed by atoms with van der Waals surface area (Å²) in [5.74, 6) is 1.46. The van der Waals surface area contributed by atoms with Crippen molar-refractivity contribution in [1.29, 1.82) is 0 Å². The standard InChI is InChI=1S/C14H22N2O3/c1-9(2)16(6-11-5-4-10(3)19-11)14(17)12-7-18-8-13(12)15/h4-5,9,12-13H,6-8,15H2,1-3H3. The Kier molecular flexibility index (Phi) is 4.27. The van der Waals surface area contributed by atoms with Gasteiger partial charge in [0.15, 0.2) is 0 Å². The predicted octanol–water partition coefficient (Wildman–Crippen LogP) is 1.30. The molecule has 1 amide bonds. The normalized spacial score (nSPS) is 23.0. The van der Waals surface area contributed by atoms with Crippen molar-refractivity contribution in [3.05, 3.63) is 23.7 Å². The lowest BCUT2D eigenvalue weighted by Crippen LogP contribution is -2.46. The molecule has 106 valence electrons. The molecular weight excluding hydrogens is 244 g/mol. The van der Waals surface area contributed by atoms with Crippen LogP contribution in [0.1, 0.15) is 25.4 Å². The van der Waals surface area contributed by atoms with E-state index in [0.717, 1.165) is 11.5 Å². The van der Waals surface area contributed by atoms with Crippen LogP contribution in [-0.4, -0.2) is 36.1 Å². The molecular formula is C14H22N2O3. The Labute approximate surface area is 113 Å². The number of furan rings is 1. The van der Waals surface area contributed by atoms with Crippen LogP contribution in [0.3, 0.4) is 0 Å². The number of nitrogens with two attached hydrogens (primary N) is 1. The van der Waals surface area contributed by atoms with E-state index < -0.39 is 0 Å².